The number of hydrogen-bond acceptors (Lipinski definition) is 5. The Kier molecular flexibility index (Phi) is 6.58. The molecule has 0 saturated carbocycles. The van der Waals surface area contributed by atoms with Crippen LogP contribution in [0, 0.1) is 0 Å². The van der Waals surface area contributed by atoms with Crippen LogP contribution in [0.15, 0.2) is 16.0 Å². The quantitative estimate of drug-likeness (QED) is 0.553. The lowest BCUT2D eigenvalue weighted by Crippen LogP contribution is -2.26. The van der Waals surface area contributed by atoms with Crippen molar-refractivity contribution >= 4 is 17.7 Å². The fourth-order valence-corrected chi connectivity index (χ4v) is 2.39. The number of rotatable bonds is 8. The molecule has 0 radical (unpaired) electrons. The second kappa shape index (κ2) is 7.96. The van der Waals surface area contributed by atoms with Crippen LogP contribution in [0.1, 0.15) is 26.0 Å². The summed E-state index contributed by atoms with van der Waals surface area (Å²) in [7, 11) is 0. The number of nitrogens with one attached hydrogen (secondary N) is 1. The highest BCUT2D eigenvalue weighted by Gasteiger charge is 2.18. The molecule has 2 N–H and O–H groups in total. The maximum absolute atomic E-state index is 11.4. The van der Waals surface area contributed by atoms with Gasteiger partial charge in [0.1, 0.15) is 0 Å². The van der Waals surface area contributed by atoms with Crippen LogP contribution in [0.5, 0.6) is 0 Å². The second-order valence-electron chi connectivity index (χ2n) is 3.89. The van der Waals surface area contributed by atoms with Gasteiger partial charge in [-0.2, -0.15) is 0 Å². The van der Waals surface area contributed by atoms with Crippen molar-refractivity contribution in [3.63, 3.8) is 0 Å². The van der Waals surface area contributed by atoms with Crippen molar-refractivity contribution in [1.82, 2.24) is 9.97 Å². The van der Waals surface area contributed by atoms with Crippen molar-refractivity contribution in [2.24, 2.45) is 0 Å². The molecule has 1 aromatic heterocycles. The molecule has 1 atom stereocenters. The first-order chi connectivity index (χ1) is 9.06. The minimum Gasteiger partial charge on any atom is -0.479 e. The van der Waals surface area contributed by atoms with Gasteiger partial charge in [-0.1, -0.05) is 25.1 Å². The number of H-pyrrole nitrogens is 1. The SMILES string of the molecule is CCCc1cc(=O)[nH]c(SCC(OCC)C(=O)O)n1. The Morgan fingerprint density at radius 2 is 2.32 bits per heavy atom. The largest absolute Gasteiger partial charge is 0.479 e. The predicted molar refractivity (Wildman–Crippen MR) is 72.6 cm³/mol. The van der Waals surface area contributed by atoms with Crippen LogP contribution < -0.4 is 5.56 Å². The van der Waals surface area contributed by atoms with Crippen molar-refractivity contribution in [1.29, 1.82) is 0 Å². The van der Waals surface area contributed by atoms with E-state index >= 15 is 0 Å². The van der Waals surface area contributed by atoms with Crippen LogP contribution >= 0.6 is 11.8 Å². The number of carboxylic acids is 1. The molecule has 0 aliphatic rings. The zero-order valence-corrected chi connectivity index (χ0v) is 11.8. The standard InChI is InChI=1S/C12H18N2O4S/c1-3-5-8-6-10(15)14-12(13-8)19-7-9(11(16)17)18-4-2/h6,9H,3-5,7H2,1-2H3,(H,16,17)(H,13,14,15). The lowest BCUT2D eigenvalue weighted by molar-refractivity contribution is -0.148. The number of hydrogen-bond donors (Lipinski definition) is 2. The zero-order chi connectivity index (χ0) is 14.3. The number of aliphatic carboxylic acids is 1. The normalized spacial score (nSPS) is 12.3. The molecule has 1 unspecified atom stereocenters. The molecule has 0 aromatic carbocycles. The Hall–Kier alpha value is -1.34. The van der Waals surface area contributed by atoms with Crippen molar-refractivity contribution in [3.05, 3.63) is 22.1 Å². The van der Waals surface area contributed by atoms with E-state index in [1.54, 1.807) is 6.92 Å². The molecule has 7 heteroatoms. The molecule has 0 saturated heterocycles. The minimum atomic E-state index is -1.01. The van der Waals surface area contributed by atoms with Crippen LogP contribution in [-0.2, 0) is 16.0 Å². The van der Waals surface area contributed by atoms with Gasteiger partial charge < -0.3 is 14.8 Å². The molecule has 1 heterocycles. The molecule has 1 rings (SSSR count). The lowest BCUT2D eigenvalue weighted by atomic mass is 10.2. The Bertz CT molecular complexity index is 475. The van der Waals surface area contributed by atoms with Crippen LogP contribution in [0.25, 0.3) is 0 Å². The van der Waals surface area contributed by atoms with Crippen molar-refractivity contribution in [3.8, 4) is 0 Å². The fraction of sp³-hybridized carbons (Fsp3) is 0.583. The Morgan fingerprint density at radius 1 is 1.58 bits per heavy atom. The maximum atomic E-state index is 11.4. The smallest absolute Gasteiger partial charge is 0.333 e. The molecule has 1 aromatic rings. The third-order valence-electron chi connectivity index (χ3n) is 2.29. The predicted octanol–water partition coefficient (Wildman–Crippen LogP) is 1.30. The third-order valence-corrected chi connectivity index (χ3v) is 3.23. The summed E-state index contributed by atoms with van der Waals surface area (Å²) in [5.41, 5.74) is 0.501. The van der Waals surface area contributed by atoms with E-state index < -0.39 is 12.1 Å². The number of nitrogens with zero attached hydrogens (tertiary/aromatic N) is 1. The summed E-state index contributed by atoms with van der Waals surface area (Å²) < 4.78 is 5.09. The summed E-state index contributed by atoms with van der Waals surface area (Å²) in [5.74, 6) is -0.803. The summed E-state index contributed by atoms with van der Waals surface area (Å²) in [6.07, 6.45) is 0.734. The Morgan fingerprint density at radius 3 is 2.89 bits per heavy atom. The van der Waals surface area contributed by atoms with Gasteiger partial charge in [0, 0.05) is 24.1 Å². The summed E-state index contributed by atoms with van der Waals surface area (Å²) in [5, 5.41) is 9.38. The molecular weight excluding hydrogens is 268 g/mol. The van der Waals surface area contributed by atoms with Gasteiger partial charge in [-0.25, -0.2) is 9.78 Å². The van der Waals surface area contributed by atoms with E-state index in [0.717, 1.165) is 18.5 Å². The molecule has 0 fully saturated rings. The van der Waals surface area contributed by atoms with Crippen LogP contribution in [0.3, 0.4) is 0 Å². The van der Waals surface area contributed by atoms with Gasteiger partial charge in [0.15, 0.2) is 11.3 Å². The lowest BCUT2D eigenvalue weighted by Gasteiger charge is -2.11. The minimum absolute atomic E-state index is 0.210. The number of carbonyl (C=O) groups is 1. The van der Waals surface area contributed by atoms with Gasteiger partial charge in [0.05, 0.1) is 0 Å². The molecule has 0 bridgehead atoms. The number of aromatic amines is 1. The Labute approximate surface area is 115 Å². The van der Waals surface area contributed by atoms with Gasteiger partial charge in [-0.15, -0.1) is 0 Å². The highest BCUT2D eigenvalue weighted by molar-refractivity contribution is 7.99. The van der Waals surface area contributed by atoms with Crippen LogP contribution in [-0.4, -0.2) is 39.5 Å². The highest BCUT2D eigenvalue weighted by atomic mass is 32.2. The number of carboxylic acid groups (broad SMARTS) is 1. The first-order valence-electron chi connectivity index (χ1n) is 6.14. The Balaban J connectivity index is 2.70. The van der Waals surface area contributed by atoms with E-state index in [4.69, 9.17) is 9.84 Å². The van der Waals surface area contributed by atoms with E-state index in [9.17, 15) is 9.59 Å². The maximum Gasteiger partial charge on any atom is 0.333 e. The topological polar surface area (TPSA) is 92.3 Å². The molecule has 19 heavy (non-hydrogen) atoms. The van der Waals surface area contributed by atoms with Crippen molar-refractivity contribution in [2.45, 2.75) is 37.9 Å². The first-order valence-corrected chi connectivity index (χ1v) is 7.12. The number of thioether (sulfide) groups is 1. The second-order valence-corrected chi connectivity index (χ2v) is 4.89. The third kappa shape index (κ3) is 5.44. The molecule has 0 amide bonds. The molecule has 0 aliphatic carbocycles. The molecule has 106 valence electrons. The number of aromatic nitrogens is 2. The van der Waals surface area contributed by atoms with Gasteiger partial charge in [-0.3, -0.25) is 4.79 Å². The summed E-state index contributed by atoms with van der Waals surface area (Å²) in [6, 6.07) is 1.46. The average Bonchev–Trinajstić information content (AvgIpc) is 2.34. The van der Waals surface area contributed by atoms with Gasteiger partial charge in [0.25, 0.3) is 5.56 Å². The highest BCUT2D eigenvalue weighted by Crippen LogP contribution is 2.15. The fourth-order valence-electron chi connectivity index (χ4n) is 1.48. The van der Waals surface area contributed by atoms with Crippen LogP contribution in [0.4, 0.5) is 0 Å². The van der Waals surface area contributed by atoms with Crippen molar-refractivity contribution < 1.29 is 14.6 Å². The molecular formula is C12H18N2O4S. The average molecular weight is 286 g/mol. The number of ether oxygens (including phenoxy) is 1. The molecule has 0 aliphatic heterocycles. The molecule has 0 spiro atoms. The summed E-state index contributed by atoms with van der Waals surface area (Å²) in [4.78, 5) is 29.2. The monoisotopic (exact) mass is 286 g/mol. The zero-order valence-electron chi connectivity index (χ0n) is 11.0. The number of aryl methyl sites for hydroxylation is 1. The van der Waals surface area contributed by atoms with E-state index in [1.807, 2.05) is 6.92 Å². The van der Waals surface area contributed by atoms with Gasteiger partial charge in [0.2, 0.25) is 0 Å². The van der Waals surface area contributed by atoms with Crippen LogP contribution in [0.2, 0.25) is 0 Å². The van der Waals surface area contributed by atoms with E-state index in [2.05, 4.69) is 9.97 Å². The van der Waals surface area contributed by atoms with E-state index in [1.165, 1.54) is 17.8 Å². The molecule has 6 nitrogen and oxygen atoms in total. The summed E-state index contributed by atoms with van der Waals surface area (Å²) >= 11 is 1.18. The van der Waals surface area contributed by atoms with Gasteiger partial charge in [-0.05, 0) is 13.3 Å². The van der Waals surface area contributed by atoms with E-state index in [0.29, 0.717) is 11.8 Å². The van der Waals surface area contributed by atoms with Gasteiger partial charge >= 0.3 is 5.97 Å². The van der Waals surface area contributed by atoms with E-state index in [-0.39, 0.29) is 11.3 Å². The first kappa shape index (κ1) is 15.7. The van der Waals surface area contributed by atoms with Crippen molar-refractivity contribution in [2.75, 3.05) is 12.4 Å². The summed E-state index contributed by atoms with van der Waals surface area (Å²) in [6.45, 7) is 4.07.